The van der Waals surface area contributed by atoms with Gasteiger partial charge in [0, 0.05) is 25.7 Å². The zero-order valence-electron chi connectivity index (χ0n) is 14.2. The van der Waals surface area contributed by atoms with Gasteiger partial charge in [-0.15, -0.1) is 0 Å². The van der Waals surface area contributed by atoms with Crippen molar-refractivity contribution in [3.8, 4) is 11.5 Å². The van der Waals surface area contributed by atoms with Crippen molar-refractivity contribution in [2.45, 2.75) is 51.3 Å². The van der Waals surface area contributed by atoms with Gasteiger partial charge in [0.25, 0.3) is 0 Å². The normalized spacial score (nSPS) is 18.1. The number of rotatable bonds is 6. The van der Waals surface area contributed by atoms with Crippen molar-refractivity contribution in [3.63, 3.8) is 0 Å². The summed E-state index contributed by atoms with van der Waals surface area (Å²) in [6.45, 7) is 3.16. The predicted octanol–water partition coefficient (Wildman–Crippen LogP) is 0.786. The topological polar surface area (TPSA) is 130 Å². The molecule has 0 aromatic heterocycles. The van der Waals surface area contributed by atoms with E-state index in [1.165, 1.54) is 25.1 Å². The summed E-state index contributed by atoms with van der Waals surface area (Å²) in [5.74, 6) is -2.10. The number of nitrogens with two attached hydrogens (primary N) is 1. The number of amides is 2. The average Bonchev–Trinajstić information content (AvgIpc) is 2.87. The third-order valence-corrected chi connectivity index (χ3v) is 4.05. The molecule has 2 atom stereocenters. The van der Waals surface area contributed by atoms with E-state index in [2.05, 4.69) is 0 Å². The molecule has 1 aliphatic rings. The number of hydrogen-bond acceptors (Lipinski definition) is 7. The molecule has 0 saturated carbocycles. The van der Waals surface area contributed by atoms with E-state index in [1.807, 2.05) is 0 Å². The van der Waals surface area contributed by atoms with Crippen LogP contribution in [0.2, 0.25) is 0 Å². The average molecular weight is 350 g/mol. The van der Waals surface area contributed by atoms with Crippen LogP contribution in [0.3, 0.4) is 0 Å². The van der Waals surface area contributed by atoms with Gasteiger partial charge < -0.3 is 20.7 Å². The fourth-order valence-corrected chi connectivity index (χ4v) is 2.67. The van der Waals surface area contributed by atoms with Crippen molar-refractivity contribution >= 4 is 17.8 Å². The van der Waals surface area contributed by atoms with Gasteiger partial charge in [-0.05, 0) is 24.6 Å². The summed E-state index contributed by atoms with van der Waals surface area (Å²) in [5, 5.41) is 18.9. The van der Waals surface area contributed by atoms with E-state index in [1.54, 1.807) is 6.92 Å². The van der Waals surface area contributed by atoms with Crippen molar-refractivity contribution in [3.05, 3.63) is 23.8 Å². The van der Waals surface area contributed by atoms with Gasteiger partial charge in [0.2, 0.25) is 11.8 Å². The first-order valence-corrected chi connectivity index (χ1v) is 8.01. The predicted molar refractivity (Wildman–Crippen MR) is 87.3 cm³/mol. The minimum Gasteiger partial charge on any atom is -0.504 e. The Hall–Kier alpha value is -2.61. The molecule has 2 unspecified atom stereocenters. The number of imide groups is 1. The molecule has 8 nitrogen and oxygen atoms in total. The molecule has 0 spiro atoms. The third kappa shape index (κ3) is 4.08. The fraction of sp³-hybridized carbons (Fsp3) is 0.471. The second-order valence-corrected chi connectivity index (χ2v) is 6.34. The van der Waals surface area contributed by atoms with Gasteiger partial charge in [-0.1, -0.05) is 13.0 Å². The fourth-order valence-electron chi connectivity index (χ4n) is 2.67. The highest BCUT2D eigenvalue weighted by atomic mass is 16.6. The molecule has 8 heteroatoms. The summed E-state index contributed by atoms with van der Waals surface area (Å²) in [5.41, 5.74) is 5.13. The van der Waals surface area contributed by atoms with E-state index in [0.29, 0.717) is 5.56 Å². The van der Waals surface area contributed by atoms with E-state index in [9.17, 15) is 24.6 Å². The maximum Gasteiger partial charge on any atom is 0.328 e. The van der Waals surface area contributed by atoms with Gasteiger partial charge in [-0.25, -0.2) is 9.69 Å². The van der Waals surface area contributed by atoms with E-state index < -0.39 is 17.7 Å². The molecule has 1 heterocycles. The second kappa shape index (κ2) is 7.10. The molecule has 4 N–H and O–H groups in total. The summed E-state index contributed by atoms with van der Waals surface area (Å²) in [6, 6.07) is 4.12. The van der Waals surface area contributed by atoms with Crippen molar-refractivity contribution < 1.29 is 29.3 Å². The third-order valence-electron chi connectivity index (χ3n) is 4.05. The molecule has 0 aliphatic carbocycles. The van der Waals surface area contributed by atoms with Crippen molar-refractivity contribution in [1.82, 2.24) is 4.90 Å². The van der Waals surface area contributed by atoms with E-state index >= 15 is 0 Å². The number of esters is 1. The first-order valence-electron chi connectivity index (χ1n) is 8.01. The van der Waals surface area contributed by atoms with Gasteiger partial charge in [0.05, 0.1) is 0 Å². The van der Waals surface area contributed by atoms with Crippen LogP contribution in [0.15, 0.2) is 18.2 Å². The Kier molecular flexibility index (Phi) is 5.32. The monoisotopic (exact) mass is 350 g/mol. The summed E-state index contributed by atoms with van der Waals surface area (Å²) < 4.78 is 5.32. The molecule has 1 aromatic carbocycles. The number of likely N-dealkylation sites (tertiary alicyclic amines) is 1. The van der Waals surface area contributed by atoms with Crippen LogP contribution < -0.4 is 5.73 Å². The Morgan fingerprint density at radius 2 is 1.88 bits per heavy atom. The quantitative estimate of drug-likeness (QED) is 0.393. The standard InChI is InChI=1S/C17H22N2O6/c1-3-15(19-13(22)6-7-14(19)23)25-16(24)17(2,18)9-10-4-5-11(20)12(21)8-10/h4-5,8,15,20-21H,3,6-7,9,18H2,1-2H3. The lowest BCUT2D eigenvalue weighted by molar-refractivity contribution is -0.171. The van der Waals surface area contributed by atoms with Crippen molar-refractivity contribution in [2.24, 2.45) is 5.73 Å². The Morgan fingerprint density at radius 3 is 2.40 bits per heavy atom. The van der Waals surface area contributed by atoms with Crippen LogP contribution in [0.5, 0.6) is 11.5 Å². The van der Waals surface area contributed by atoms with Gasteiger partial charge in [-0.3, -0.25) is 9.59 Å². The lowest BCUT2D eigenvalue weighted by Crippen LogP contribution is -2.52. The number of nitrogens with zero attached hydrogens (tertiary/aromatic N) is 1. The first kappa shape index (κ1) is 18.7. The lowest BCUT2D eigenvalue weighted by atomic mass is 9.94. The molecular weight excluding hydrogens is 328 g/mol. The molecule has 0 bridgehead atoms. The largest absolute Gasteiger partial charge is 0.504 e. The molecule has 1 aliphatic heterocycles. The van der Waals surface area contributed by atoms with Gasteiger partial charge in [-0.2, -0.15) is 0 Å². The Labute approximate surface area is 145 Å². The molecule has 2 rings (SSSR count). The minimum atomic E-state index is -1.44. The lowest BCUT2D eigenvalue weighted by Gasteiger charge is -2.29. The van der Waals surface area contributed by atoms with Gasteiger partial charge in [0.15, 0.2) is 17.7 Å². The SMILES string of the molecule is CCC(OC(=O)C(C)(N)Cc1ccc(O)c(O)c1)N1C(=O)CCC1=O. The van der Waals surface area contributed by atoms with Gasteiger partial charge in [0.1, 0.15) is 5.54 Å². The smallest absolute Gasteiger partial charge is 0.328 e. The van der Waals surface area contributed by atoms with Crippen LogP contribution in [-0.4, -0.2) is 44.7 Å². The highest BCUT2D eigenvalue weighted by molar-refractivity contribution is 6.02. The summed E-state index contributed by atoms with van der Waals surface area (Å²) in [6.07, 6.45) is -0.456. The first-order chi connectivity index (χ1) is 11.7. The molecule has 1 saturated heterocycles. The number of phenols is 2. The van der Waals surface area contributed by atoms with Crippen LogP contribution >= 0.6 is 0 Å². The highest BCUT2D eigenvalue weighted by Gasteiger charge is 2.39. The number of phenolic OH excluding ortho intramolecular Hbond substituents is 2. The Balaban J connectivity index is 2.10. The maximum absolute atomic E-state index is 12.5. The number of ether oxygens (including phenoxy) is 1. The molecule has 1 aromatic rings. The van der Waals surface area contributed by atoms with Crippen LogP contribution in [0.25, 0.3) is 0 Å². The summed E-state index contributed by atoms with van der Waals surface area (Å²) >= 11 is 0. The van der Waals surface area contributed by atoms with E-state index in [-0.39, 0.29) is 49.0 Å². The van der Waals surface area contributed by atoms with E-state index in [4.69, 9.17) is 10.5 Å². The van der Waals surface area contributed by atoms with Crippen LogP contribution in [0.1, 0.15) is 38.7 Å². The molecular formula is C17H22N2O6. The van der Waals surface area contributed by atoms with Crippen LogP contribution in [0, 0.1) is 0 Å². The maximum atomic E-state index is 12.5. The van der Waals surface area contributed by atoms with Gasteiger partial charge >= 0.3 is 5.97 Å². The molecule has 2 amide bonds. The van der Waals surface area contributed by atoms with Crippen molar-refractivity contribution in [1.29, 1.82) is 0 Å². The number of hydrogen-bond donors (Lipinski definition) is 3. The van der Waals surface area contributed by atoms with E-state index in [0.717, 1.165) is 4.90 Å². The number of carbonyl (C=O) groups excluding carboxylic acids is 3. The Bertz CT molecular complexity index is 684. The summed E-state index contributed by atoms with van der Waals surface area (Å²) in [7, 11) is 0. The second-order valence-electron chi connectivity index (χ2n) is 6.34. The zero-order chi connectivity index (χ0) is 18.8. The molecule has 25 heavy (non-hydrogen) atoms. The minimum absolute atomic E-state index is 0.0397. The zero-order valence-corrected chi connectivity index (χ0v) is 14.2. The van der Waals surface area contributed by atoms with Crippen LogP contribution in [0.4, 0.5) is 0 Å². The Morgan fingerprint density at radius 1 is 1.28 bits per heavy atom. The van der Waals surface area contributed by atoms with Crippen LogP contribution in [-0.2, 0) is 25.5 Å². The molecule has 136 valence electrons. The molecule has 0 radical (unpaired) electrons. The number of benzene rings is 1. The highest BCUT2D eigenvalue weighted by Crippen LogP contribution is 2.27. The number of carbonyl (C=O) groups is 3. The number of aromatic hydroxyl groups is 2. The molecule has 1 fully saturated rings. The van der Waals surface area contributed by atoms with Crippen molar-refractivity contribution in [2.75, 3.05) is 0 Å². The summed E-state index contributed by atoms with van der Waals surface area (Å²) in [4.78, 5) is 37.0.